The molecular weight excluding hydrogens is 325 g/mol. The zero-order chi connectivity index (χ0) is 15.0. The zero-order valence-corrected chi connectivity index (χ0v) is 13.8. The lowest BCUT2D eigenvalue weighted by atomic mass is 9.87. The summed E-state index contributed by atoms with van der Waals surface area (Å²) in [5.74, 6) is 0.133. The highest BCUT2D eigenvalue weighted by molar-refractivity contribution is 6.70. The van der Waals surface area contributed by atoms with Crippen molar-refractivity contribution in [3.05, 3.63) is 68.9 Å². The van der Waals surface area contributed by atoms with Crippen molar-refractivity contribution in [2.24, 2.45) is 10.9 Å². The van der Waals surface area contributed by atoms with Gasteiger partial charge in [-0.05, 0) is 37.1 Å². The van der Waals surface area contributed by atoms with Gasteiger partial charge in [-0.1, -0.05) is 58.6 Å². The number of hydrogen-bond donors (Lipinski definition) is 0. The summed E-state index contributed by atoms with van der Waals surface area (Å²) in [6.07, 6.45) is 5.63. The van der Waals surface area contributed by atoms with Gasteiger partial charge < -0.3 is 0 Å². The maximum Gasteiger partial charge on any atom is 0.134 e. The molecule has 0 amide bonds. The molecule has 0 bridgehead atoms. The second kappa shape index (κ2) is 6.00. The van der Waals surface area contributed by atoms with Crippen molar-refractivity contribution in [3.8, 4) is 0 Å². The highest BCUT2D eigenvalue weighted by atomic mass is 35.5. The SMILES string of the molecule is CC1=CC=C2N=C(Cl)C(Cc3cccc(Cl)c3)=C(Cl)C2C1. The van der Waals surface area contributed by atoms with Crippen molar-refractivity contribution < 1.29 is 0 Å². The van der Waals surface area contributed by atoms with E-state index >= 15 is 0 Å². The van der Waals surface area contributed by atoms with E-state index in [-0.39, 0.29) is 5.92 Å². The van der Waals surface area contributed by atoms with Gasteiger partial charge >= 0.3 is 0 Å². The highest BCUT2D eigenvalue weighted by Gasteiger charge is 2.29. The van der Waals surface area contributed by atoms with Gasteiger partial charge in [0, 0.05) is 28.0 Å². The summed E-state index contributed by atoms with van der Waals surface area (Å²) in [5, 5.41) is 1.99. The number of dihydropyridines is 1. The Bertz CT molecular complexity index is 711. The summed E-state index contributed by atoms with van der Waals surface area (Å²) in [4.78, 5) is 4.51. The molecule has 2 aliphatic rings. The van der Waals surface area contributed by atoms with Crippen LogP contribution in [0.1, 0.15) is 18.9 Å². The quantitative estimate of drug-likeness (QED) is 0.639. The Hall–Kier alpha value is -1.02. The average molecular weight is 339 g/mol. The Labute approximate surface area is 139 Å². The third-order valence-electron chi connectivity index (χ3n) is 3.76. The fourth-order valence-corrected chi connectivity index (χ4v) is 3.54. The fraction of sp³-hybridized carbons (Fsp3) is 0.235. The molecule has 1 nitrogen and oxygen atoms in total. The van der Waals surface area contributed by atoms with Crippen LogP contribution in [0, 0.1) is 5.92 Å². The number of allylic oxidation sites excluding steroid dienone is 5. The molecule has 0 radical (unpaired) electrons. The number of aliphatic imine (C=N–C) groups is 1. The van der Waals surface area contributed by atoms with Crippen LogP contribution in [-0.4, -0.2) is 5.17 Å². The van der Waals surface area contributed by atoms with Crippen LogP contribution in [0.5, 0.6) is 0 Å². The van der Waals surface area contributed by atoms with Gasteiger partial charge in [-0.3, -0.25) is 0 Å². The van der Waals surface area contributed by atoms with Crippen LogP contribution in [0.4, 0.5) is 0 Å². The molecule has 0 saturated carbocycles. The number of nitrogens with zero attached hydrogens (tertiary/aromatic N) is 1. The Morgan fingerprint density at radius 3 is 2.76 bits per heavy atom. The second-order valence-corrected chi connectivity index (χ2v) is 6.60. The van der Waals surface area contributed by atoms with Crippen LogP contribution >= 0.6 is 34.8 Å². The first-order chi connectivity index (χ1) is 10.0. The van der Waals surface area contributed by atoms with Crippen LogP contribution in [0.2, 0.25) is 5.02 Å². The van der Waals surface area contributed by atoms with Gasteiger partial charge in [0.05, 0.1) is 5.70 Å². The van der Waals surface area contributed by atoms with Crippen molar-refractivity contribution in [2.75, 3.05) is 0 Å². The van der Waals surface area contributed by atoms with Gasteiger partial charge in [0.2, 0.25) is 0 Å². The van der Waals surface area contributed by atoms with Crippen LogP contribution < -0.4 is 0 Å². The standard InChI is InChI=1S/C17H14Cl3N/c1-10-5-6-15-13(7-10)16(19)14(17(20)21-15)9-11-3-2-4-12(18)8-11/h2-6,8,13H,7,9H2,1H3. The van der Waals surface area contributed by atoms with Crippen molar-refractivity contribution >= 4 is 40.0 Å². The van der Waals surface area contributed by atoms with Gasteiger partial charge in [-0.15, -0.1) is 0 Å². The van der Waals surface area contributed by atoms with E-state index in [1.165, 1.54) is 5.57 Å². The van der Waals surface area contributed by atoms with E-state index in [0.717, 1.165) is 28.3 Å². The monoisotopic (exact) mass is 337 g/mol. The summed E-state index contributed by atoms with van der Waals surface area (Å²) in [6.45, 7) is 2.11. The summed E-state index contributed by atoms with van der Waals surface area (Å²) < 4.78 is 0. The Kier molecular flexibility index (Phi) is 4.26. The normalized spacial score (nSPS) is 21.5. The van der Waals surface area contributed by atoms with Crippen LogP contribution in [0.15, 0.2) is 63.3 Å². The van der Waals surface area contributed by atoms with E-state index in [1.54, 1.807) is 0 Å². The molecule has 3 rings (SSSR count). The van der Waals surface area contributed by atoms with Crippen LogP contribution in [0.25, 0.3) is 0 Å². The van der Waals surface area contributed by atoms with Gasteiger partial charge in [0.15, 0.2) is 0 Å². The number of fused-ring (bicyclic) bond motifs is 1. The molecular formula is C17H14Cl3N. The molecule has 1 aliphatic carbocycles. The molecule has 0 fully saturated rings. The van der Waals surface area contributed by atoms with Crippen LogP contribution in [0.3, 0.4) is 0 Å². The van der Waals surface area contributed by atoms with E-state index in [0.29, 0.717) is 16.6 Å². The molecule has 0 spiro atoms. The fourth-order valence-electron chi connectivity index (χ4n) is 2.67. The van der Waals surface area contributed by atoms with E-state index in [2.05, 4.69) is 18.0 Å². The number of benzene rings is 1. The molecule has 108 valence electrons. The molecule has 1 heterocycles. The molecule has 0 saturated heterocycles. The van der Waals surface area contributed by atoms with Crippen molar-refractivity contribution in [1.82, 2.24) is 0 Å². The minimum Gasteiger partial charge on any atom is -0.240 e. The summed E-state index contributed by atoms with van der Waals surface area (Å²) >= 11 is 19.0. The Morgan fingerprint density at radius 2 is 2.00 bits per heavy atom. The topological polar surface area (TPSA) is 12.4 Å². The molecule has 0 N–H and O–H groups in total. The lowest BCUT2D eigenvalue weighted by molar-refractivity contribution is 0.699. The van der Waals surface area contributed by atoms with Crippen molar-refractivity contribution in [1.29, 1.82) is 0 Å². The Balaban J connectivity index is 1.95. The first-order valence-corrected chi connectivity index (χ1v) is 7.93. The third-order valence-corrected chi connectivity index (χ3v) is 4.80. The van der Waals surface area contributed by atoms with Crippen molar-refractivity contribution in [2.45, 2.75) is 19.8 Å². The number of hydrogen-bond acceptors (Lipinski definition) is 1. The maximum absolute atomic E-state index is 6.62. The molecule has 1 aliphatic heterocycles. The largest absolute Gasteiger partial charge is 0.240 e. The molecule has 4 heteroatoms. The third kappa shape index (κ3) is 3.11. The lowest BCUT2D eigenvalue weighted by Crippen LogP contribution is -2.18. The minimum absolute atomic E-state index is 0.133. The number of rotatable bonds is 2. The maximum atomic E-state index is 6.62. The molecule has 1 atom stereocenters. The number of halogens is 3. The predicted octanol–water partition coefficient (Wildman–Crippen LogP) is 5.88. The van der Waals surface area contributed by atoms with Gasteiger partial charge in [0.25, 0.3) is 0 Å². The van der Waals surface area contributed by atoms with Gasteiger partial charge in [-0.25, -0.2) is 4.99 Å². The molecule has 1 unspecified atom stereocenters. The van der Waals surface area contributed by atoms with E-state index in [1.807, 2.05) is 30.3 Å². The minimum atomic E-state index is 0.133. The predicted molar refractivity (Wildman–Crippen MR) is 91.3 cm³/mol. The summed E-state index contributed by atoms with van der Waals surface area (Å²) in [7, 11) is 0. The Morgan fingerprint density at radius 1 is 1.19 bits per heavy atom. The van der Waals surface area contributed by atoms with Gasteiger partial charge in [-0.2, -0.15) is 0 Å². The molecule has 1 aromatic rings. The smallest absolute Gasteiger partial charge is 0.134 e. The van der Waals surface area contributed by atoms with E-state index in [4.69, 9.17) is 34.8 Å². The zero-order valence-electron chi connectivity index (χ0n) is 11.5. The summed E-state index contributed by atoms with van der Waals surface area (Å²) in [6, 6.07) is 7.73. The van der Waals surface area contributed by atoms with Crippen LogP contribution in [-0.2, 0) is 6.42 Å². The molecule has 1 aromatic carbocycles. The van der Waals surface area contributed by atoms with Gasteiger partial charge in [0.1, 0.15) is 5.17 Å². The van der Waals surface area contributed by atoms with Crippen molar-refractivity contribution in [3.63, 3.8) is 0 Å². The van der Waals surface area contributed by atoms with E-state index < -0.39 is 0 Å². The lowest BCUT2D eigenvalue weighted by Gasteiger charge is -2.27. The highest BCUT2D eigenvalue weighted by Crippen LogP contribution is 2.40. The molecule has 0 aromatic heterocycles. The van der Waals surface area contributed by atoms with E-state index in [9.17, 15) is 0 Å². The second-order valence-electron chi connectivity index (χ2n) is 5.40. The average Bonchev–Trinajstić information content (AvgIpc) is 2.45. The first kappa shape index (κ1) is 14.9. The first-order valence-electron chi connectivity index (χ1n) is 6.79. The molecule has 21 heavy (non-hydrogen) atoms. The summed E-state index contributed by atoms with van der Waals surface area (Å²) in [5.41, 5.74) is 4.24.